The Balaban J connectivity index is 1.74. The predicted molar refractivity (Wildman–Crippen MR) is 87.7 cm³/mol. The van der Waals surface area contributed by atoms with Crippen LogP contribution in [0.4, 0.5) is 14.5 Å². The maximum atomic E-state index is 14.3. The molecule has 0 aliphatic heterocycles. The number of ether oxygens (including phenoxy) is 1. The minimum atomic E-state index is -0.998. The Labute approximate surface area is 146 Å². The Morgan fingerprint density at radius 2 is 1.88 bits per heavy atom. The van der Waals surface area contributed by atoms with Crippen molar-refractivity contribution in [2.24, 2.45) is 5.73 Å². The molecule has 9 heteroatoms. The number of nitrogens with zero attached hydrogens (tertiary/aromatic N) is 2. The van der Waals surface area contributed by atoms with Crippen molar-refractivity contribution < 1.29 is 22.8 Å². The second-order valence-electron chi connectivity index (χ2n) is 5.40. The van der Waals surface area contributed by atoms with Gasteiger partial charge in [-0.05, 0) is 36.4 Å². The van der Waals surface area contributed by atoms with Crippen LogP contribution in [0.25, 0.3) is 11.4 Å². The topological polar surface area (TPSA) is 117 Å². The van der Waals surface area contributed by atoms with E-state index >= 15 is 0 Å². The van der Waals surface area contributed by atoms with Crippen molar-refractivity contribution >= 4 is 11.6 Å². The van der Waals surface area contributed by atoms with Crippen LogP contribution in [0.2, 0.25) is 0 Å². The summed E-state index contributed by atoms with van der Waals surface area (Å²) in [5.41, 5.74) is 11.4. The second kappa shape index (κ2) is 7.18. The maximum absolute atomic E-state index is 14.3. The molecule has 0 fully saturated rings. The molecular formula is C17H14F2N4O3. The highest BCUT2D eigenvalue weighted by Crippen LogP contribution is 2.25. The summed E-state index contributed by atoms with van der Waals surface area (Å²) in [5, 5.41) is 3.80. The predicted octanol–water partition coefficient (Wildman–Crippen LogP) is 2.20. The van der Waals surface area contributed by atoms with Crippen molar-refractivity contribution in [3.63, 3.8) is 0 Å². The zero-order chi connectivity index (χ0) is 18.7. The van der Waals surface area contributed by atoms with Crippen molar-refractivity contribution in [3.8, 4) is 17.1 Å². The molecule has 0 saturated carbocycles. The average Bonchev–Trinajstić information content (AvgIpc) is 3.07. The first-order valence-corrected chi connectivity index (χ1v) is 7.50. The molecule has 0 spiro atoms. The van der Waals surface area contributed by atoms with Gasteiger partial charge in [0.05, 0.1) is 6.42 Å². The van der Waals surface area contributed by atoms with Gasteiger partial charge >= 0.3 is 0 Å². The van der Waals surface area contributed by atoms with Crippen LogP contribution in [-0.2, 0) is 17.8 Å². The van der Waals surface area contributed by atoms with Crippen LogP contribution in [0.5, 0.6) is 5.75 Å². The standard InChI is InChI=1S/C17H14F2N4O3/c18-12-5-6-13(16(19)11(12)7-14(21)24)25-8-15-22-17(23-26-15)9-1-3-10(20)4-2-9/h1-6H,7-8,20H2,(H2,21,24). The third-order valence-electron chi connectivity index (χ3n) is 3.49. The first-order chi connectivity index (χ1) is 12.4. The Bertz CT molecular complexity index is 942. The van der Waals surface area contributed by atoms with Crippen molar-refractivity contribution in [1.29, 1.82) is 0 Å². The molecule has 0 atom stereocenters. The van der Waals surface area contributed by atoms with Crippen LogP contribution < -0.4 is 16.2 Å². The summed E-state index contributed by atoms with van der Waals surface area (Å²) in [4.78, 5) is 15.1. The molecule has 26 heavy (non-hydrogen) atoms. The van der Waals surface area contributed by atoms with Crippen molar-refractivity contribution in [3.05, 3.63) is 59.5 Å². The largest absolute Gasteiger partial charge is 0.481 e. The van der Waals surface area contributed by atoms with E-state index < -0.39 is 29.5 Å². The van der Waals surface area contributed by atoms with Crippen LogP contribution in [0.15, 0.2) is 40.9 Å². The number of nitrogens with two attached hydrogens (primary N) is 2. The van der Waals surface area contributed by atoms with E-state index in [0.717, 1.165) is 12.1 Å². The maximum Gasteiger partial charge on any atom is 0.264 e. The Morgan fingerprint density at radius 3 is 2.58 bits per heavy atom. The molecular weight excluding hydrogens is 346 g/mol. The van der Waals surface area contributed by atoms with Gasteiger partial charge in [0.25, 0.3) is 5.89 Å². The van der Waals surface area contributed by atoms with Crippen LogP contribution in [0, 0.1) is 11.6 Å². The molecule has 3 aromatic rings. The summed E-state index contributed by atoms with van der Waals surface area (Å²) < 4.78 is 38.2. The number of primary amides is 1. The highest BCUT2D eigenvalue weighted by Gasteiger charge is 2.17. The smallest absolute Gasteiger partial charge is 0.264 e. The molecule has 134 valence electrons. The third-order valence-corrected chi connectivity index (χ3v) is 3.49. The second-order valence-corrected chi connectivity index (χ2v) is 5.40. The van der Waals surface area contributed by atoms with Gasteiger partial charge in [-0.2, -0.15) is 4.98 Å². The molecule has 1 aromatic heterocycles. The fraction of sp³-hybridized carbons (Fsp3) is 0.118. The van der Waals surface area contributed by atoms with E-state index in [2.05, 4.69) is 10.1 Å². The van der Waals surface area contributed by atoms with Gasteiger partial charge in [-0.1, -0.05) is 5.16 Å². The number of anilines is 1. The van der Waals surface area contributed by atoms with E-state index in [-0.39, 0.29) is 18.2 Å². The van der Waals surface area contributed by atoms with Crippen LogP contribution in [0.1, 0.15) is 11.5 Å². The van der Waals surface area contributed by atoms with Gasteiger partial charge in [0, 0.05) is 16.8 Å². The number of halogens is 2. The average molecular weight is 360 g/mol. The zero-order valence-corrected chi connectivity index (χ0v) is 13.4. The normalized spacial score (nSPS) is 10.7. The molecule has 7 nitrogen and oxygen atoms in total. The lowest BCUT2D eigenvalue weighted by atomic mass is 10.1. The number of nitrogen functional groups attached to an aromatic ring is 1. The molecule has 0 aliphatic rings. The highest BCUT2D eigenvalue weighted by atomic mass is 19.1. The summed E-state index contributed by atoms with van der Waals surface area (Å²) in [5.74, 6) is -2.58. The number of rotatable bonds is 6. The summed E-state index contributed by atoms with van der Waals surface area (Å²) in [6, 6.07) is 8.92. The van der Waals surface area contributed by atoms with Crippen molar-refractivity contribution in [2.75, 3.05) is 5.73 Å². The van der Waals surface area contributed by atoms with E-state index in [9.17, 15) is 13.6 Å². The zero-order valence-electron chi connectivity index (χ0n) is 13.4. The van der Waals surface area contributed by atoms with Gasteiger partial charge in [0.1, 0.15) is 5.82 Å². The monoisotopic (exact) mass is 360 g/mol. The fourth-order valence-electron chi connectivity index (χ4n) is 2.23. The minimum absolute atomic E-state index is 0.0944. The van der Waals surface area contributed by atoms with Gasteiger partial charge in [0.15, 0.2) is 18.2 Å². The summed E-state index contributed by atoms with van der Waals surface area (Å²) in [7, 11) is 0. The molecule has 1 heterocycles. The van der Waals surface area contributed by atoms with Crippen LogP contribution in [0.3, 0.4) is 0 Å². The Hall–Kier alpha value is -3.49. The van der Waals surface area contributed by atoms with E-state index in [4.69, 9.17) is 20.7 Å². The molecule has 1 amide bonds. The van der Waals surface area contributed by atoms with Crippen LogP contribution >= 0.6 is 0 Å². The number of hydrogen-bond acceptors (Lipinski definition) is 6. The van der Waals surface area contributed by atoms with E-state index in [0.29, 0.717) is 17.1 Å². The highest BCUT2D eigenvalue weighted by molar-refractivity contribution is 5.76. The number of hydrogen-bond donors (Lipinski definition) is 2. The first kappa shape index (κ1) is 17.3. The van der Waals surface area contributed by atoms with Gasteiger partial charge in [-0.15, -0.1) is 0 Å². The molecule has 4 N–H and O–H groups in total. The van der Waals surface area contributed by atoms with Gasteiger partial charge < -0.3 is 20.7 Å². The minimum Gasteiger partial charge on any atom is -0.481 e. The molecule has 0 bridgehead atoms. The molecule has 3 rings (SSSR count). The number of aromatic nitrogens is 2. The van der Waals surface area contributed by atoms with Gasteiger partial charge in [0.2, 0.25) is 11.7 Å². The number of carbonyl (C=O) groups excluding carboxylic acids is 1. The fourth-order valence-corrected chi connectivity index (χ4v) is 2.23. The number of amides is 1. The van der Waals surface area contributed by atoms with Crippen molar-refractivity contribution in [2.45, 2.75) is 13.0 Å². The lowest BCUT2D eigenvalue weighted by Crippen LogP contribution is -2.16. The lowest BCUT2D eigenvalue weighted by Gasteiger charge is -2.08. The Kier molecular flexibility index (Phi) is 4.78. The van der Waals surface area contributed by atoms with Gasteiger partial charge in [-0.25, -0.2) is 8.78 Å². The van der Waals surface area contributed by atoms with Crippen molar-refractivity contribution in [1.82, 2.24) is 10.1 Å². The quantitative estimate of drug-likeness (QED) is 0.651. The molecule has 0 saturated heterocycles. The molecule has 0 aliphatic carbocycles. The summed E-state index contributed by atoms with van der Waals surface area (Å²) >= 11 is 0. The van der Waals surface area contributed by atoms with Gasteiger partial charge in [-0.3, -0.25) is 4.79 Å². The molecule has 2 aromatic carbocycles. The Morgan fingerprint density at radius 1 is 1.15 bits per heavy atom. The first-order valence-electron chi connectivity index (χ1n) is 7.50. The number of benzene rings is 2. The van der Waals surface area contributed by atoms with E-state index in [1.807, 2.05) is 0 Å². The molecule has 0 unspecified atom stereocenters. The summed E-state index contributed by atoms with van der Waals surface area (Å²) in [6.07, 6.45) is -0.573. The van der Waals surface area contributed by atoms with E-state index in [1.165, 1.54) is 0 Å². The van der Waals surface area contributed by atoms with E-state index in [1.54, 1.807) is 24.3 Å². The summed E-state index contributed by atoms with van der Waals surface area (Å²) in [6.45, 7) is -0.236. The lowest BCUT2D eigenvalue weighted by molar-refractivity contribution is -0.117. The molecule has 0 radical (unpaired) electrons. The third kappa shape index (κ3) is 3.77. The SMILES string of the molecule is NC(=O)Cc1c(F)ccc(OCc2nc(-c3ccc(N)cc3)no2)c1F. The number of carbonyl (C=O) groups is 1. The van der Waals surface area contributed by atoms with Crippen LogP contribution in [-0.4, -0.2) is 16.0 Å².